The highest BCUT2D eigenvalue weighted by Crippen LogP contribution is 2.42. The lowest BCUT2D eigenvalue weighted by atomic mass is 10.1. The first-order valence-corrected chi connectivity index (χ1v) is 12.5. The Bertz CT molecular complexity index is 986. The zero-order valence-corrected chi connectivity index (χ0v) is 17.5. The van der Waals surface area contributed by atoms with Crippen LogP contribution >= 0.6 is 15.2 Å². The zero-order valence-electron chi connectivity index (χ0n) is 15.7. The van der Waals surface area contributed by atoms with Crippen molar-refractivity contribution < 1.29 is 43.3 Å². The molecule has 2 atom stereocenters. The fourth-order valence-electron chi connectivity index (χ4n) is 2.91. The molecule has 7 N–H and O–H groups in total. The van der Waals surface area contributed by atoms with Gasteiger partial charge in [-0.1, -0.05) is 0 Å². The highest BCUT2D eigenvalue weighted by Gasteiger charge is 2.32. The van der Waals surface area contributed by atoms with Crippen LogP contribution in [0.3, 0.4) is 0 Å². The summed E-state index contributed by atoms with van der Waals surface area (Å²) in [5.74, 6) is 0.218. The van der Waals surface area contributed by atoms with Gasteiger partial charge in [0.05, 0.1) is 31.3 Å². The van der Waals surface area contributed by atoms with Gasteiger partial charge in [0.2, 0.25) is 5.95 Å². The number of aliphatic hydroxyl groups is 1. The molecule has 0 saturated heterocycles. The Morgan fingerprint density at radius 1 is 1.10 bits per heavy atom. The number of anilines is 1. The van der Waals surface area contributed by atoms with Gasteiger partial charge in [-0.15, -0.1) is 0 Å². The third kappa shape index (κ3) is 6.27. The number of imidazole rings is 1. The molecule has 1 aliphatic rings. The molecule has 0 spiro atoms. The van der Waals surface area contributed by atoms with Gasteiger partial charge in [-0.25, -0.2) is 9.97 Å². The lowest BCUT2D eigenvalue weighted by molar-refractivity contribution is -0.00740. The minimum atomic E-state index is -4.45. The second kappa shape index (κ2) is 8.95. The SMILES string of the molecule is Nc1nc(C2CC2)c2ncn([C@H](COCP(=O)(O)O)[C@@H](O)COCP(=O)(O)O)c2n1. The number of hydrogen-bond donors (Lipinski definition) is 6. The van der Waals surface area contributed by atoms with E-state index in [9.17, 15) is 14.2 Å². The average molecular weight is 467 g/mol. The van der Waals surface area contributed by atoms with Crippen LogP contribution in [-0.2, 0) is 18.6 Å². The molecule has 0 aliphatic heterocycles. The standard InChI is InChI=1S/C14H23N5O9P2/c15-14-17-11(8-1-2-8)12-13(18-14)19(5-16-12)9(3-27-6-29(21,22)23)10(20)4-28-7-30(24,25)26/h5,8-10,20H,1-4,6-7H2,(H2,15,17,18)(H2,21,22,23)(H2,24,25,26)/t9-,10+/m1/s1. The maximum Gasteiger partial charge on any atom is 0.350 e. The minimum absolute atomic E-state index is 0.00766. The van der Waals surface area contributed by atoms with E-state index in [1.54, 1.807) is 0 Å². The lowest BCUT2D eigenvalue weighted by Gasteiger charge is -2.24. The van der Waals surface area contributed by atoms with E-state index in [-0.39, 0.29) is 18.5 Å². The summed E-state index contributed by atoms with van der Waals surface area (Å²) in [7, 11) is -8.89. The number of nitrogens with zero attached hydrogens (tertiary/aromatic N) is 4. The Morgan fingerprint density at radius 3 is 2.27 bits per heavy atom. The average Bonchev–Trinajstić information content (AvgIpc) is 3.37. The number of nitrogens with two attached hydrogens (primary N) is 1. The highest BCUT2D eigenvalue weighted by atomic mass is 31.2. The first kappa shape index (κ1) is 23.2. The normalized spacial score (nSPS) is 17.4. The van der Waals surface area contributed by atoms with E-state index in [0.29, 0.717) is 16.9 Å². The van der Waals surface area contributed by atoms with E-state index in [1.807, 2.05) is 0 Å². The van der Waals surface area contributed by atoms with Crippen LogP contribution in [0.2, 0.25) is 0 Å². The predicted octanol–water partition coefficient (Wildman–Crippen LogP) is -0.508. The third-order valence-corrected chi connectivity index (χ3v) is 5.37. The summed E-state index contributed by atoms with van der Waals surface area (Å²) in [6, 6.07) is -0.986. The molecule has 30 heavy (non-hydrogen) atoms. The molecule has 0 bridgehead atoms. The summed E-state index contributed by atoms with van der Waals surface area (Å²) in [5, 5.41) is 10.6. The second-order valence-electron chi connectivity index (χ2n) is 7.03. The molecule has 2 aromatic rings. The van der Waals surface area contributed by atoms with E-state index in [1.165, 1.54) is 10.9 Å². The molecule has 1 fully saturated rings. The van der Waals surface area contributed by atoms with Crippen molar-refractivity contribution in [2.24, 2.45) is 0 Å². The van der Waals surface area contributed by atoms with Crippen LogP contribution in [0.25, 0.3) is 11.2 Å². The Morgan fingerprint density at radius 2 is 1.70 bits per heavy atom. The number of rotatable bonds is 11. The van der Waals surface area contributed by atoms with E-state index in [0.717, 1.165) is 12.8 Å². The van der Waals surface area contributed by atoms with E-state index in [4.69, 9.17) is 34.8 Å². The Hall–Kier alpha value is -1.47. The van der Waals surface area contributed by atoms with E-state index < -0.39 is 46.6 Å². The van der Waals surface area contributed by atoms with Crippen LogP contribution < -0.4 is 5.73 Å². The largest absolute Gasteiger partial charge is 0.388 e. The van der Waals surface area contributed by atoms with Gasteiger partial charge in [-0.3, -0.25) is 9.13 Å². The molecule has 1 saturated carbocycles. The van der Waals surface area contributed by atoms with Crippen molar-refractivity contribution in [3.63, 3.8) is 0 Å². The molecular formula is C14H23N5O9P2. The van der Waals surface area contributed by atoms with Crippen molar-refractivity contribution in [3.05, 3.63) is 12.0 Å². The van der Waals surface area contributed by atoms with Crippen molar-refractivity contribution >= 4 is 32.3 Å². The Balaban J connectivity index is 1.87. The van der Waals surface area contributed by atoms with Crippen molar-refractivity contribution in [2.75, 3.05) is 31.6 Å². The lowest BCUT2D eigenvalue weighted by Crippen LogP contribution is -2.32. The number of hydrogen-bond acceptors (Lipinski definition) is 9. The molecule has 2 heterocycles. The second-order valence-corrected chi connectivity index (χ2v) is 10.2. The van der Waals surface area contributed by atoms with Gasteiger partial charge < -0.3 is 44.5 Å². The molecule has 14 nitrogen and oxygen atoms in total. The van der Waals surface area contributed by atoms with Gasteiger partial charge >= 0.3 is 15.2 Å². The molecule has 168 valence electrons. The molecule has 0 radical (unpaired) electrons. The molecular weight excluding hydrogens is 444 g/mol. The van der Waals surface area contributed by atoms with E-state index in [2.05, 4.69) is 15.0 Å². The number of aromatic nitrogens is 4. The summed E-state index contributed by atoms with van der Waals surface area (Å²) >= 11 is 0. The minimum Gasteiger partial charge on any atom is -0.388 e. The van der Waals surface area contributed by atoms with Crippen molar-refractivity contribution in [3.8, 4) is 0 Å². The number of aliphatic hydroxyl groups excluding tert-OH is 1. The van der Waals surface area contributed by atoms with Crippen LogP contribution in [0.4, 0.5) is 5.95 Å². The van der Waals surface area contributed by atoms with Crippen molar-refractivity contribution in [2.45, 2.75) is 30.9 Å². The van der Waals surface area contributed by atoms with Crippen molar-refractivity contribution in [1.29, 1.82) is 0 Å². The van der Waals surface area contributed by atoms with Gasteiger partial charge in [0.1, 0.15) is 24.3 Å². The summed E-state index contributed by atoms with van der Waals surface area (Å²) < 4.78 is 33.4. The van der Waals surface area contributed by atoms with Crippen LogP contribution in [0.1, 0.15) is 30.5 Å². The number of nitrogen functional groups attached to an aromatic ring is 1. The van der Waals surface area contributed by atoms with Crippen LogP contribution in [0.5, 0.6) is 0 Å². The monoisotopic (exact) mass is 467 g/mol. The van der Waals surface area contributed by atoms with Crippen molar-refractivity contribution in [1.82, 2.24) is 19.5 Å². The summed E-state index contributed by atoms with van der Waals surface area (Å²) in [6.45, 7) is -0.843. The molecule has 16 heteroatoms. The van der Waals surface area contributed by atoms with Crippen LogP contribution in [0.15, 0.2) is 6.33 Å². The van der Waals surface area contributed by atoms with Gasteiger partial charge in [-0.2, -0.15) is 4.98 Å². The summed E-state index contributed by atoms with van der Waals surface area (Å²) in [5.41, 5.74) is 7.26. The van der Waals surface area contributed by atoms with Gasteiger partial charge in [-0.05, 0) is 12.8 Å². The first-order valence-electron chi connectivity index (χ1n) is 8.87. The smallest absolute Gasteiger partial charge is 0.350 e. The Labute approximate surface area is 170 Å². The van der Waals surface area contributed by atoms with Crippen LogP contribution in [0, 0.1) is 0 Å². The molecule has 2 aromatic heterocycles. The summed E-state index contributed by atoms with van der Waals surface area (Å²) in [4.78, 5) is 48.5. The van der Waals surface area contributed by atoms with Gasteiger partial charge in [0.25, 0.3) is 0 Å². The predicted molar refractivity (Wildman–Crippen MR) is 102 cm³/mol. The maximum absolute atomic E-state index is 11.1. The molecule has 0 unspecified atom stereocenters. The fraction of sp³-hybridized carbons (Fsp3) is 0.643. The molecule has 1 aliphatic carbocycles. The van der Waals surface area contributed by atoms with Gasteiger partial charge in [0.15, 0.2) is 5.65 Å². The van der Waals surface area contributed by atoms with Crippen LogP contribution in [-0.4, -0.2) is 76.2 Å². The summed E-state index contributed by atoms with van der Waals surface area (Å²) in [6.07, 6.45) is 0.0920. The topological polar surface area (TPSA) is 223 Å². The number of fused-ring (bicyclic) bond motifs is 1. The Kier molecular flexibility index (Phi) is 6.92. The fourth-order valence-corrected chi connectivity index (χ4v) is 3.60. The third-order valence-electron chi connectivity index (χ3n) is 4.33. The highest BCUT2D eigenvalue weighted by molar-refractivity contribution is 7.51. The quantitative estimate of drug-likeness (QED) is 0.229. The molecule has 3 rings (SSSR count). The zero-order chi connectivity index (χ0) is 22.1. The van der Waals surface area contributed by atoms with Gasteiger partial charge in [0, 0.05) is 5.92 Å². The molecule has 0 amide bonds. The molecule has 0 aromatic carbocycles. The first-order chi connectivity index (χ1) is 13.9. The maximum atomic E-state index is 11.1. The number of ether oxygens (including phenoxy) is 2. The van der Waals surface area contributed by atoms with E-state index >= 15 is 0 Å².